The zero-order valence-corrected chi connectivity index (χ0v) is 12.1. The summed E-state index contributed by atoms with van der Waals surface area (Å²) in [6.07, 6.45) is 1.69. The van der Waals surface area contributed by atoms with Crippen LogP contribution in [-0.2, 0) is 0 Å². The van der Waals surface area contributed by atoms with Crippen LogP contribution in [0, 0.1) is 6.92 Å². The van der Waals surface area contributed by atoms with Gasteiger partial charge < -0.3 is 0 Å². The SMILES string of the molecule is Cc1nc(-c2ncccc2Br)nc(Cl)c1Br. The van der Waals surface area contributed by atoms with Crippen molar-refractivity contribution in [3.05, 3.63) is 38.1 Å². The lowest BCUT2D eigenvalue weighted by atomic mass is 10.3. The van der Waals surface area contributed by atoms with Gasteiger partial charge in [-0.2, -0.15) is 0 Å². The zero-order chi connectivity index (χ0) is 11.7. The van der Waals surface area contributed by atoms with Gasteiger partial charge in [0.1, 0.15) is 10.8 Å². The van der Waals surface area contributed by atoms with Crippen LogP contribution >= 0.6 is 43.5 Å². The largest absolute Gasteiger partial charge is 0.252 e. The molecule has 6 heteroatoms. The molecular formula is C10H6Br2ClN3. The number of nitrogens with zero attached hydrogens (tertiary/aromatic N) is 3. The van der Waals surface area contributed by atoms with Crippen LogP contribution in [0.25, 0.3) is 11.5 Å². The van der Waals surface area contributed by atoms with Crippen molar-refractivity contribution in [2.45, 2.75) is 6.92 Å². The van der Waals surface area contributed by atoms with Gasteiger partial charge in [-0.05, 0) is 50.9 Å². The first-order chi connectivity index (χ1) is 7.59. The molecule has 0 aromatic carbocycles. The van der Waals surface area contributed by atoms with Gasteiger partial charge in [-0.25, -0.2) is 9.97 Å². The summed E-state index contributed by atoms with van der Waals surface area (Å²) in [6, 6.07) is 3.72. The molecule has 0 atom stereocenters. The predicted octanol–water partition coefficient (Wildman–Crippen LogP) is 4.03. The lowest BCUT2D eigenvalue weighted by Gasteiger charge is -2.05. The van der Waals surface area contributed by atoms with Crippen LogP contribution in [-0.4, -0.2) is 15.0 Å². The van der Waals surface area contributed by atoms with Gasteiger partial charge >= 0.3 is 0 Å². The molecule has 0 aliphatic carbocycles. The fraction of sp³-hybridized carbons (Fsp3) is 0.100. The van der Waals surface area contributed by atoms with Gasteiger partial charge in [-0.3, -0.25) is 4.98 Å². The molecule has 2 aromatic heterocycles. The number of hydrogen-bond donors (Lipinski definition) is 0. The van der Waals surface area contributed by atoms with Crippen molar-refractivity contribution in [1.82, 2.24) is 15.0 Å². The van der Waals surface area contributed by atoms with Gasteiger partial charge in [0.2, 0.25) is 0 Å². The maximum atomic E-state index is 5.98. The van der Waals surface area contributed by atoms with Crippen molar-refractivity contribution in [3.8, 4) is 11.5 Å². The van der Waals surface area contributed by atoms with Crippen LogP contribution in [0.1, 0.15) is 5.69 Å². The molecule has 0 radical (unpaired) electrons. The minimum absolute atomic E-state index is 0.389. The van der Waals surface area contributed by atoms with E-state index >= 15 is 0 Å². The quantitative estimate of drug-likeness (QED) is 0.718. The van der Waals surface area contributed by atoms with Gasteiger partial charge in [-0.15, -0.1) is 0 Å². The van der Waals surface area contributed by atoms with Crippen LogP contribution in [0.4, 0.5) is 0 Å². The average Bonchev–Trinajstić information content (AvgIpc) is 2.26. The monoisotopic (exact) mass is 361 g/mol. The highest BCUT2D eigenvalue weighted by Crippen LogP contribution is 2.28. The summed E-state index contributed by atoms with van der Waals surface area (Å²) in [5, 5.41) is 0.389. The third-order valence-electron chi connectivity index (χ3n) is 1.95. The minimum atomic E-state index is 0.389. The molecule has 2 aromatic rings. The average molecular weight is 363 g/mol. The van der Waals surface area contributed by atoms with Crippen molar-refractivity contribution >= 4 is 43.5 Å². The maximum absolute atomic E-state index is 5.98. The number of aryl methyl sites for hydroxylation is 1. The molecule has 0 saturated carbocycles. The highest BCUT2D eigenvalue weighted by atomic mass is 79.9. The molecule has 0 bridgehead atoms. The molecule has 0 spiro atoms. The first kappa shape index (κ1) is 12.0. The second-order valence-electron chi connectivity index (χ2n) is 3.07. The summed E-state index contributed by atoms with van der Waals surface area (Å²) in [5.41, 5.74) is 1.47. The van der Waals surface area contributed by atoms with Crippen LogP contribution in [0.3, 0.4) is 0 Å². The topological polar surface area (TPSA) is 38.7 Å². The molecule has 3 nitrogen and oxygen atoms in total. The Bertz CT molecular complexity index is 522. The second-order valence-corrected chi connectivity index (χ2v) is 5.08. The third kappa shape index (κ3) is 2.26. The molecule has 0 saturated heterocycles. The molecule has 0 amide bonds. The van der Waals surface area contributed by atoms with E-state index in [9.17, 15) is 0 Å². The summed E-state index contributed by atoms with van der Waals surface area (Å²) >= 11 is 12.7. The van der Waals surface area contributed by atoms with E-state index in [1.165, 1.54) is 0 Å². The minimum Gasteiger partial charge on any atom is -0.252 e. The Morgan fingerprint density at radius 2 is 2.00 bits per heavy atom. The second kappa shape index (κ2) is 4.77. The van der Waals surface area contributed by atoms with E-state index < -0.39 is 0 Å². The first-order valence-electron chi connectivity index (χ1n) is 4.40. The number of aromatic nitrogens is 3. The fourth-order valence-corrected chi connectivity index (χ4v) is 2.01. The van der Waals surface area contributed by atoms with E-state index in [0.29, 0.717) is 21.1 Å². The van der Waals surface area contributed by atoms with Crippen molar-refractivity contribution < 1.29 is 0 Å². The standard InChI is InChI=1S/C10H6Br2ClN3/c1-5-7(12)9(13)16-10(15-5)8-6(11)3-2-4-14-8/h2-4H,1H3. The number of halogens is 3. The Kier molecular flexibility index (Phi) is 3.56. The summed E-state index contributed by atoms with van der Waals surface area (Å²) in [6.45, 7) is 1.86. The predicted molar refractivity (Wildman–Crippen MR) is 70.4 cm³/mol. The summed E-state index contributed by atoms with van der Waals surface area (Å²) in [5.74, 6) is 0.512. The highest BCUT2D eigenvalue weighted by Gasteiger charge is 2.12. The molecule has 0 fully saturated rings. The van der Waals surface area contributed by atoms with Crippen LogP contribution < -0.4 is 0 Å². The zero-order valence-electron chi connectivity index (χ0n) is 8.21. The Morgan fingerprint density at radius 3 is 2.62 bits per heavy atom. The van der Waals surface area contributed by atoms with E-state index in [2.05, 4.69) is 46.8 Å². The molecular weight excluding hydrogens is 357 g/mol. The number of pyridine rings is 1. The Labute approximate surface area is 115 Å². The molecule has 0 aliphatic heterocycles. The summed E-state index contributed by atoms with van der Waals surface area (Å²) in [4.78, 5) is 12.7. The molecule has 16 heavy (non-hydrogen) atoms. The van der Waals surface area contributed by atoms with E-state index in [4.69, 9.17) is 11.6 Å². The van der Waals surface area contributed by atoms with Gasteiger partial charge in [0.25, 0.3) is 0 Å². The first-order valence-corrected chi connectivity index (χ1v) is 6.36. The van der Waals surface area contributed by atoms with Gasteiger partial charge in [-0.1, -0.05) is 11.6 Å². The summed E-state index contributed by atoms with van der Waals surface area (Å²) in [7, 11) is 0. The van der Waals surface area contributed by atoms with Crippen molar-refractivity contribution in [2.24, 2.45) is 0 Å². The smallest absolute Gasteiger partial charge is 0.181 e. The Hall–Kier alpha value is -0.520. The molecule has 0 aliphatic rings. The van der Waals surface area contributed by atoms with E-state index in [1.807, 2.05) is 19.1 Å². The van der Waals surface area contributed by atoms with Crippen molar-refractivity contribution in [2.75, 3.05) is 0 Å². The molecule has 2 heterocycles. The van der Waals surface area contributed by atoms with Crippen LogP contribution in [0.15, 0.2) is 27.3 Å². The molecule has 0 unspecified atom stereocenters. The Balaban J connectivity index is 2.62. The number of hydrogen-bond acceptors (Lipinski definition) is 3. The van der Waals surface area contributed by atoms with Gasteiger partial charge in [0.05, 0.1) is 10.2 Å². The van der Waals surface area contributed by atoms with Crippen LogP contribution in [0.5, 0.6) is 0 Å². The van der Waals surface area contributed by atoms with Gasteiger partial charge in [0, 0.05) is 10.7 Å². The number of rotatable bonds is 1. The van der Waals surface area contributed by atoms with E-state index in [1.54, 1.807) is 6.20 Å². The lowest BCUT2D eigenvalue weighted by Crippen LogP contribution is -1.96. The van der Waals surface area contributed by atoms with Crippen molar-refractivity contribution in [1.29, 1.82) is 0 Å². The molecule has 0 N–H and O–H groups in total. The summed E-state index contributed by atoms with van der Waals surface area (Å²) < 4.78 is 1.55. The molecule has 2 rings (SSSR count). The van der Waals surface area contributed by atoms with E-state index in [0.717, 1.165) is 10.2 Å². The van der Waals surface area contributed by atoms with Crippen molar-refractivity contribution in [3.63, 3.8) is 0 Å². The van der Waals surface area contributed by atoms with Crippen LogP contribution in [0.2, 0.25) is 5.15 Å². The normalized spacial score (nSPS) is 10.5. The lowest BCUT2D eigenvalue weighted by molar-refractivity contribution is 1.07. The Morgan fingerprint density at radius 1 is 1.25 bits per heavy atom. The fourth-order valence-electron chi connectivity index (χ4n) is 1.18. The third-order valence-corrected chi connectivity index (χ3v) is 4.04. The van der Waals surface area contributed by atoms with Gasteiger partial charge in [0.15, 0.2) is 5.82 Å². The molecule has 82 valence electrons. The maximum Gasteiger partial charge on any atom is 0.181 e. The van der Waals surface area contributed by atoms with E-state index in [-0.39, 0.29) is 0 Å². The highest BCUT2D eigenvalue weighted by molar-refractivity contribution is 9.11.